The molecule has 0 heterocycles. The summed E-state index contributed by atoms with van der Waals surface area (Å²) in [6, 6.07) is 0. The van der Waals surface area contributed by atoms with Crippen LogP contribution in [-0.2, 0) is 33.3 Å². The van der Waals surface area contributed by atoms with Gasteiger partial charge in [-0.3, -0.25) is 9.59 Å². The van der Waals surface area contributed by atoms with Crippen molar-refractivity contribution in [3.8, 4) is 0 Å². The molecule has 0 radical (unpaired) electrons. The summed E-state index contributed by atoms with van der Waals surface area (Å²) < 4.78 is 22.7. The zero-order valence-electron chi connectivity index (χ0n) is 53.7. The number of esters is 2. The van der Waals surface area contributed by atoms with Gasteiger partial charge in [0.15, 0.2) is 12.4 Å². The molecule has 81 heavy (non-hydrogen) atoms. The molecule has 0 spiro atoms. The van der Waals surface area contributed by atoms with Crippen LogP contribution in [0.15, 0.2) is 72.9 Å². The van der Waals surface area contributed by atoms with Crippen LogP contribution in [0.3, 0.4) is 0 Å². The maximum absolute atomic E-state index is 12.9. The summed E-state index contributed by atoms with van der Waals surface area (Å²) in [6.07, 6.45) is 79.9. The third-order valence-corrected chi connectivity index (χ3v) is 15.0. The Labute approximate surface area is 500 Å². The van der Waals surface area contributed by atoms with Gasteiger partial charge in [0, 0.05) is 12.8 Å². The van der Waals surface area contributed by atoms with Gasteiger partial charge in [0.25, 0.3) is 0 Å². The van der Waals surface area contributed by atoms with Gasteiger partial charge in [0.2, 0.25) is 0 Å². The Bertz CT molecular complexity index is 1560. The zero-order chi connectivity index (χ0) is 59.1. The molecule has 0 aromatic rings. The molecule has 0 aromatic carbocycles. The van der Waals surface area contributed by atoms with Gasteiger partial charge in [-0.1, -0.05) is 305 Å². The minimum absolute atomic E-state index is 0.140. The third kappa shape index (κ3) is 64.1. The normalized spacial score (nSPS) is 13.1. The van der Waals surface area contributed by atoms with Crippen LogP contribution in [0, 0.1) is 0 Å². The molecular formula is C72H129NO8. The zero-order valence-corrected chi connectivity index (χ0v) is 53.7. The number of carbonyl (C=O) groups is 3. The van der Waals surface area contributed by atoms with E-state index in [4.69, 9.17) is 18.9 Å². The van der Waals surface area contributed by atoms with E-state index in [1.807, 2.05) is 21.1 Å². The number of likely N-dealkylation sites (N-methyl/N-ethyl adjacent to an activating group) is 1. The standard InChI is InChI=1S/C72H129NO8/c1-6-8-10-12-14-16-18-20-22-24-26-28-30-31-32-33-34-35-36-37-38-39-41-42-44-46-48-50-52-54-56-58-60-62-69(74)79-66-68(67-80-72(71(76)77)78-65-64-73(3,4)5)81-70(75)63-61-59-57-55-53-51-49-47-45-43-40-29-27-25-23-21-19-17-15-13-11-9-7-2/h9,11,15,17,21,23,27,29,43,45,49,51,68,72H,6-8,10,12-14,16,18-20,22,24-26,28,30-42,44,46-48,50,52-67H2,1-5H3/b11-9-,17-15-,23-21-,29-27-,45-43-,51-49-. The highest BCUT2D eigenvalue weighted by molar-refractivity contribution is 5.70. The monoisotopic (exact) mass is 1140 g/mol. The second-order valence-corrected chi connectivity index (χ2v) is 24.1. The van der Waals surface area contributed by atoms with Gasteiger partial charge in [-0.15, -0.1) is 0 Å². The van der Waals surface area contributed by atoms with Crippen molar-refractivity contribution < 1.29 is 42.9 Å². The summed E-state index contributed by atoms with van der Waals surface area (Å²) in [6.45, 7) is 4.64. The number of rotatable bonds is 63. The van der Waals surface area contributed by atoms with Crippen LogP contribution < -0.4 is 5.11 Å². The molecule has 0 rings (SSSR count). The lowest BCUT2D eigenvalue weighted by atomic mass is 10.0. The second-order valence-electron chi connectivity index (χ2n) is 24.1. The lowest BCUT2D eigenvalue weighted by molar-refractivity contribution is -0.870. The number of hydrogen-bond acceptors (Lipinski definition) is 8. The van der Waals surface area contributed by atoms with E-state index in [1.165, 1.54) is 193 Å². The van der Waals surface area contributed by atoms with Crippen LogP contribution in [0.4, 0.5) is 0 Å². The van der Waals surface area contributed by atoms with Crippen molar-refractivity contribution in [2.75, 3.05) is 47.5 Å². The quantitative estimate of drug-likeness (QED) is 0.0195. The number of quaternary nitrogens is 1. The molecule has 0 aromatic heterocycles. The minimum atomic E-state index is -1.63. The summed E-state index contributed by atoms with van der Waals surface area (Å²) in [5.41, 5.74) is 0. The van der Waals surface area contributed by atoms with E-state index in [0.29, 0.717) is 17.4 Å². The van der Waals surface area contributed by atoms with Gasteiger partial charge >= 0.3 is 11.9 Å². The predicted octanol–water partition coefficient (Wildman–Crippen LogP) is 19.6. The first-order valence-corrected chi connectivity index (χ1v) is 34.1. The Morgan fingerprint density at radius 3 is 1.05 bits per heavy atom. The average Bonchev–Trinajstić information content (AvgIpc) is 3.44. The topological polar surface area (TPSA) is 111 Å². The number of nitrogens with zero attached hydrogens (tertiary/aromatic N) is 1. The van der Waals surface area contributed by atoms with Crippen LogP contribution >= 0.6 is 0 Å². The van der Waals surface area contributed by atoms with Crippen molar-refractivity contribution in [2.45, 2.75) is 322 Å². The molecule has 9 nitrogen and oxygen atoms in total. The molecule has 9 heteroatoms. The molecule has 470 valence electrons. The fraction of sp³-hybridized carbons (Fsp3) is 0.792. The van der Waals surface area contributed by atoms with Gasteiger partial charge in [0.05, 0.1) is 40.3 Å². The van der Waals surface area contributed by atoms with Gasteiger partial charge < -0.3 is 33.3 Å². The summed E-state index contributed by atoms with van der Waals surface area (Å²) in [5, 5.41) is 11.8. The Balaban J connectivity index is 4.11. The molecule has 2 atom stereocenters. The Morgan fingerprint density at radius 1 is 0.383 bits per heavy atom. The van der Waals surface area contributed by atoms with Crippen molar-refractivity contribution in [3.63, 3.8) is 0 Å². The van der Waals surface area contributed by atoms with Gasteiger partial charge in [-0.05, 0) is 64.2 Å². The highest BCUT2D eigenvalue weighted by Crippen LogP contribution is 2.18. The Hall–Kier alpha value is -3.27. The molecule has 0 N–H and O–H groups in total. The van der Waals surface area contributed by atoms with E-state index in [9.17, 15) is 19.5 Å². The maximum Gasteiger partial charge on any atom is 0.306 e. The summed E-state index contributed by atoms with van der Waals surface area (Å²) >= 11 is 0. The Morgan fingerprint density at radius 2 is 0.704 bits per heavy atom. The van der Waals surface area contributed by atoms with Crippen LogP contribution in [0.2, 0.25) is 0 Å². The molecule has 0 fully saturated rings. The number of allylic oxidation sites excluding steroid dienone is 12. The van der Waals surface area contributed by atoms with Gasteiger partial charge in [0.1, 0.15) is 13.2 Å². The van der Waals surface area contributed by atoms with E-state index in [-0.39, 0.29) is 38.6 Å². The molecule has 0 aliphatic carbocycles. The first kappa shape index (κ1) is 77.7. The van der Waals surface area contributed by atoms with Crippen LogP contribution in [0.5, 0.6) is 0 Å². The lowest BCUT2D eigenvalue weighted by Gasteiger charge is -2.26. The first-order chi connectivity index (χ1) is 39.6. The van der Waals surface area contributed by atoms with Gasteiger partial charge in [-0.25, -0.2) is 0 Å². The summed E-state index contributed by atoms with van der Waals surface area (Å²) in [5.74, 6) is -2.31. The minimum Gasteiger partial charge on any atom is -0.545 e. The molecule has 0 aliphatic rings. The molecule has 0 aliphatic heterocycles. The van der Waals surface area contributed by atoms with Crippen molar-refractivity contribution in [2.24, 2.45) is 0 Å². The third-order valence-electron chi connectivity index (χ3n) is 15.0. The van der Waals surface area contributed by atoms with Crippen LogP contribution in [0.25, 0.3) is 0 Å². The van der Waals surface area contributed by atoms with Gasteiger partial charge in [-0.2, -0.15) is 0 Å². The maximum atomic E-state index is 12.9. The lowest BCUT2D eigenvalue weighted by Crippen LogP contribution is -2.44. The number of carboxylic acid groups (broad SMARTS) is 1. The van der Waals surface area contributed by atoms with Crippen molar-refractivity contribution in [3.05, 3.63) is 72.9 Å². The fourth-order valence-corrected chi connectivity index (χ4v) is 9.78. The highest BCUT2D eigenvalue weighted by atomic mass is 16.7. The van der Waals surface area contributed by atoms with Crippen LogP contribution in [-0.4, -0.2) is 82.3 Å². The number of carboxylic acids is 1. The van der Waals surface area contributed by atoms with E-state index in [2.05, 4.69) is 86.8 Å². The number of carbonyl (C=O) groups excluding carboxylic acids is 3. The number of hydrogen-bond donors (Lipinski definition) is 0. The molecule has 2 unspecified atom stereocenters. The average molecular weight is 1140 g/mol. The van der Waals surface area contributed by atoms with E-state index in [1.54, 1.807) is 0 Å². The van der Waals surface area contributed by atoms with E-state index < -0.39 is 24.3 Å². The SMILES string of the molecule is CC/C=C\C/C=C\C/C=C\C/C=C\C/C=C\C/C=C\CCCCCCC(=O)OC(COC(=O)CCCCCCCCCCCCCCCCCCCCCCCCCCCCCCCCCCC)COC(OCC[N+](C)(C)C)C(=O)[O-]. The van der Waals surface area contributed by atoms with E-state index >= 15 is 0 Å². The van der Waals surface area contributed by atoms with Crippen molar-refractivity contribution >= 4 is 17.9 Å². The molecular weight excluding hydrogens is 1010 g/mol. The highest BCUT2D eigenvalue weighted by Gasteiger charge is 2.22. The van der Waals surface area contributed by atoms with Crippen molar-refractivity contribution in [1.82, 2.24) is 0 Å². The largest absolute Gasteiger partial charge is 0.545 e. The smallest absolute Gasteiger partial charge is 0.306 e. The molecule has 0 bridgehead atoms. The number of unbranched alkanes of at least 4 members (excludes halogenated alkanes) is 36. The Kier molecular flexibility index (Phi) is 60.2. The first-order valence-electron chi connectivity index (χ1n) is 34.1. The number of aliphatic carboxylic acids is 1. The number of ether oxygens (including phenoxy) is 4. The van der Waals surface area contributed by atoms with E-state index in [0.717, 1.165) is 83.5 Å². The molecule has 0 saturated carbocycles. The second kappa shape index (κ2) is 62.8. The van der Waals surface area contributed by atoms with Crippen molar-refractivity contribution in [1.29, 1.82) is 0 Å². The molecule has 0 amide bonds. The predicted molar refractivity (Wildman–Crippen MR) is 343 cm³/mol. The summed E-state index contributed by atoms with van der Waals surface area (Å²) in [4.78, 5) is 37.4. The summed E-state index contributed by atoms with van der Waals surface area (Å²) in [7, 11) is 5.92. The van der Waals surface area contributed by atoms with Crippen LogP contribution in [0.1, 0.15) is 309 Å². The molecule has 0 saturated heterocycles. The fourth-order valence-electron chi connectivity index (χ4n) is 9.78.